The molecular weight excluding hydrogens is 416 g/mol. The molecule has 0 saturated carbocycles. The lowest BCUT2D eigenvalue weighted by Gasteiger charge is -2.34. The van der Waals surface area contributed by atoms with Gasteiger partial charge in [0.25, 0.3) is 5.91 Å². The zero-order valence-corrected chi connectivity index (χ0v) is 17.8. The van der Waals surface area contributed by atoms with E-state index in [1.165, 1.54) is 6.07 Å². The van der Waals surface area contributed by atoms with Crippen LogP contribution in [0.25, 0.3) is 22.0 Å². The van der Waals surface area contributed by atoms with Crippen molar-refractivity contribution in [1.82, 2.24) is 20.4 Å². The van der Waals surface area contributed by atoms with E-state index in [-0.39, 0.29) is 17.2 Å². The number of halogens is 2. The standard InChI is InChI=1S/C23H25F2N5O2/c1-29-4-6-30(7-5-29)16-9-17(21(25)19(24)10-16)15-2-3-20-18(8-15)22(28-27-20)23(31)26-11-14-12-32-13-14/h2-3,8-10,14H,4-7,11-13H2,1H3,(H,26,31)(H,27,28). The highest BCUT2D eigenvalue weighted by Crippen LogP contribution is 2.32. The first-order valence-corrected chi connectivity index (χ1v) is 10.8. The number of carbonyl (C=O) groups excluding carboxylic acids is 1. The second-order valence-corrected chi connectivity index (χ2v) is 8.53. The van der Waals surface area contributed by atoms with Crippen molar-refractivity contribution in [2.75, 3.05) is 57.9 Å². The lowest BCUT2D eigenvalue weighted by molar-refractivity contribution is -0.0298. The second kappa shape index (κ2) is 8.48. The van der Waals surface area contributed by atoms with Crippen molar-refractivity contribution in [3.63, 3.8) is 0 Å². The highest BCUT2D eigenvalue weighted by Gasteiger charge is 2.22. The molecule has 2 fully saturated rings. The van der Waals surface area contributed by atoms with Crippen LogP contribution >= 0.6 is 0 Å². The number of amides is 1. The van der Waals surface area contributed by atoms with Gasteiger partial charge < -0.3 is 19.9 Å². The number of benzene rings is 2. The molecule has 0 bridgehead atoms. The molecule has 9 heteroatoms. The van der Waals surface area contributed by atoms with E-state index < -0.39 is 11.6 Å². The third-order valence-corrected chi connectivity index (χ3v) is 6.23. The molecule has 1 aromatic heterocycles. The van der Waals surface area contributed by atoms with Crippen molar-refractivity contribution in [1.29, 1.82) is 0 Å². The van der Waals surface area contributed by atoms with Gasteiger partial charge in [-0.25, -0.2) is 8.78 Å². The van der Waals surface area contributed by atoms with Crippen LogP contribution in [0.2, 0.25) is 0 Å². The summed E-state index contributed by atoms with van der Waals surface area (Å²) in [5.41, 5.74) is 2.20. The highest BCUT2D eigenvalue weighted by molar-refractivity contribution is 6.05. The zero-order valence-electron chi connectivity index (χ0n) is 17.8. The van der Waals surface area contributed by atoms with Crippen LogP contribution in [0.1, 0.15) is 10.5 Å². The summed E-state index contributed by atoms with van der Waals surface area (Å²) in [4.78, 5) is 16.9. The van der Waals surface area contributed by atoms with E-state index in [2.05, 4.69) is 25.3 Å². The maximum atomic E-state index is 14.8. The summed E-state index contributed by atoms with van der Waals surface area (Å²) in [5, 5.41) is 10.4. The molecule has 2 N–H and O–H groups in total. The zero-order chi connectivity index (χ0) is 22.2. The predicted octanol–water partition coefficient (Wildman–Crippen LogP) is 2.64. The maximum Gasteiger partial charge on any atom is 0.272 e. The number of carbonyl (C=O) groups is 1. The molecule has 2 aromatic carbocycles. The number of H-pyrrole nitrogens is 1. The Kier molecular flexibility index (Phi) is 5.52. The molecule has 1 amide bonds. The summed E-state index contributed by atoms with van der Waals surface area (Å²) in [6.07, 6.45) is 0. The van der Waals surface area contributed by atoms with Gasteiger partial charge in [0.1, 0.15) is 0 Å². The van der Waals surface area contributed by atoms with Crippen LogP contribution < -0.4 is 10.2 Å². The molecule has 0 unspecified atom stereocenters. The first-order valence-electron chi connectivity index (χ1n) is 10.8. The number of aromatic amines is 1. The third kappa shape index (κ3) is 3.93. The summed E-state index contributed by atoms with van der Waals surface area (Å²) in [6, 6.07) is 8.06. The molecule has 168 valence electrons. The molecule has 0 radical (unpaired) electrons. The van der Waals surface area contributed by atoms with Crippen molar-refractivity contribution < 1.29 is 18.3 Å². The number of piperazine rings is 1. The van der Waals surface area contributed by atoms with E-state index in [4.69, 9.17) is 4.74 Å². The Hall–Kier alpha value is -3.04. The minimum Gasteiger partial charge on any atom is -0.381 e. The van der Waals surface area contributed by atoms with E-state index in [0.29, 0.717) is 47.8 Å². The van der Waals surface area contributed by atoms with E-state index >= 15 is 0 Å². The van der Waals surface area contributed by atoms with E-state index in [1.54, 1.807) is 24.3 Å². The summed E-state index contributed by atoms with van der Waals surface area (Å²) in [5.74, 6) is -1.78. The van der Waals surface area contributed by atoms with Gasteiger partial charge in [0.15, 0.2) is 17.3 Å². The summed E-state index contributed by atoms with van der Waals surface area (Å²) in [6.45, 7) is 5.01. The average molecular weight is 441 g/mol. The number of rotatable bonds is 5. The lowest BCUT2D eigenvalue weighted by atomic mass is 10.0. The Morgan fingerprint density at radius 1 is 1.19 bits per heavy atom. The molecule has 2 aliphatic rings. The van der Waals surface area contributed by atoms with Gasteiger partial charge in [-0.3, -0.25) is 9.89 Å². The third-order valence-electron chi connectivity index (χ3n) is 6.23. The smallest absolute Gasteiger partial charge is 0.272 e. The van der Waals surface area contributed by atoms with Gasteiger partial charge in [0, 0.05) is 61.3 Å². The van der Waals surface area contributed by atoms with Gasteiger partial charge in [0.2, 0.25) is 0 Å². The van der Waals surface area contributed by atoms with Crippen LogP contribution in [0.5, 0.6) is 0 Å². The number of hydrogen-bond acceptors (Lipinski definition) is 5. The van der Waals surface area contributed by atoms with Gasteiger partial charge in [-0.05, 0) is 30.8 Å². The molecule has 7 nitrogen and oxygen atoms in total. The van der Waals surface area contributed by atoms with Crippen molar-refractivity contribution in [2.24, 2.45) is 5.92 Å². The maximum absolute atomic E-state index is 14.8. The molecule has 3 aromatic rings. The molecule has 0 aliphatic carbocycles. The average Bonchev–Trinajstić information content (AvgIpc) is 3.18. The molecule has 3 heterocycles. The molecule has 32 heavy (non-hydrogen) atoms. The SMILES string of the molecule is CN1CCN(c2cc(F)c(F)c(-c3ccc4[nH]nc(C(=O)NCC5COC5)c4c3)c2)CC1. The van der Waals surface area contributed by atoms with Crippen LogP contribution in [0, 0.1) is 17.6 Å². The van der Waals surface area contributed by atoms with E-state index in [0.717, 1.165) is 26.2 Å². The van der Waals surface area contributed by atoms with E-state index in [1.807, 2.05) is 7.05 Å². The topological polar surface area (TPSA) is 73.5 Å². The van der Waals surface area contributed by atoms with Gasteiger partial charge in [-0.15, -0.1) is 0 Å². The molecular formula is C23H25F2N5O2. The number of hydrogen-bond donors (Lipinski definition) is 2. The molecule has 0 spiro atoms. The molecule has 5 rings (SSSR count). The second-order valence-electron chi connectivity index (χ2n) is 8.53. The Morgan fingerprint density at radius 2 is 1.97 bits per heavy atom. The van der Waals surface area contributed by atoms with Crippen LogP contribution in [0.15, 0.2) is 30.3 Å². The Labute approximate surface area is 184 Å². The van der Waals surface area contributed by atoms with Gasteiger partial charge in [0.05, 0.1) is 18.7 Å². The first-order chi connectivity index (χ1) is 15.5. The number of aromatic nitrogens is 2. The fraction of sp³-hybridized carbons (Fsp3) is 0.391. The number of nitrogens with one attached hydrogen (secondary N) is 2. The highest BCUT2D eigenvalue weighted by atomic mass is 19.2. The molecule has 2 saturated heterocycles. The first kappa shape index (κ1) is 20.8. The van der Waals surface area contributed by atoms with E-state index in [9.17, 15) is 13.6 Å². The summed E-state index contributed by atoms with van der Waals surface area (Å²) >= 11 is 0. The predicted molar refractivity (Wildman–Crippen MR) is 118 cm³/mol. The van der Waals surface area contributed by atoms with Crippen LogP contribution in [-0.2, 0) is 4.74 Å². The van der Waals surface area contributed by atoms with Crippen LogP contribution in [0.3, 0.4) is 0 Å². The minimum absolute atomic E-state index is 0.167. The Morgan fingerprint density at radius 3 is 2.69 bits per heavy atom. The van der Waals surface area contributed by atoms with Gasteiger partial charge in [-0.2, -0.15) is 5.10 Å². The largest absolute Gasteiger partial charge is 0.381 e. The Bertz CT molecular complexity index is 1150. The van der Waals surface area contributed by atoms with Crippen LogP contribution in [0.4, 0.5) is 14.5 Å². The Balaban J connectivity index is 1.46. The summed E-state index contributed by atoms with van der Waals surface area (Å²) < 4.78 is 34.5. The monoisotopic (exact) mass is 441 g/mol. The number of anilines is 1. The van der Waals surface area contributed by atoms with Gasteiger partial charge >= 0.3 is 0 Å². The van der Waals surface area contributed by atoms with Crippen molar-refractivity contribution in [3.8, 4) is 11.1 Å². The fourth-order valence-electron chi connectivity index (χ4n) is 4.11. The number of nitrogens with zero attached hydrogens (tertiary/aromatic N) is 3. The molecule has 2 aliphatic heterocycles. The number of fused-ring (bicyclic) bond motifs is 1. The quantitative estimate of drug-likeness (QED) is 0.637. The fourth-order valence-corrected chi connectivity index (χ4v) is 4.11. The number of likely N-dealkylation sites (N-methyl/N-ethyl adjacent to an activating group) is 1. The van der Waals surface area contributed by atoms with Gasteiger partial charge in [-0.1, -0.05) is 6.07 Å². The van der Waals surface area contributed by atoms with Crippen molar-refractivity contribution >= 4 is 22.5 Å². The molecule has 0 atom stereocenters. The number of ether oxygens (including phenoxy) is 1. The van der Waals surface area contributed by atoms with Crippen molar-refractivity contribution in [3.05, 3.63) is 47.7 Å². The van der Waals surface area contributed by atoms with Crippen molar-refractivity contribution in [2.45, 2.75) is 0 Å². The summed E-state index contributed by atoms with van der Waals surface area (Å²) in [7, 11) is 2.04. The lowest BCUT2D eigenvalue weighted by Crippen LogP contribution is -2.44. The van der Waals surface area contributed by atoms with Crippen LogP contribution in [-0.4, -0.2) is 74.0 Å². The normalized spacial score (nSPS) is 17.5. The minimum atomic E-state index is -0.901.